The number of anilines is 1. The molecule has 2 atom stereocenters. The highest BCUT2D eigenvalue weighted by Crippen LogP contribution is 2.30. The van der Waals surface area contributed by atoms with Crippen molar-refractivity contribution in [3.05, 3.63) is 24.3 Å². The van der Waals surface area contributed by atoms with Crippen molar-refractivity contribution in [3.63, 3.8) is 0 Å². The highest BCUT2D eigenvalue weighted by molar-refractivity contribution is 6.14. The number of nitrogens with zero attached hydrogens (tertiary/aromatic N) is 1. The summed E-state index contributed by atoms with van der Waals surface area (Å²) >= 11 is 0. The lowest BCUT2D eigenvalue weighted by atomic mass is 9.94. The van der Waals surface area contributed by atoms with E-state index in [4.69, 9.17) is 14.2 Å². The molecule has 1 aromatic carbocycles. The monoisotopic (exact) mass is 364 g/mol. The summed E-state index contributed by atoms with van der Waals surface area (Å²) < 4.78 is 15.3. The first-order chi connectivity index (χ1) is 12.2. The van der Waals surface area contributed by atoms with E-state index >= 15 is 0 Å². The number of alkyl carbamates (subject to hydrolysis) is 1. The van der Waals surface area contributed by atoms with Crippen molar-refractivity contribution in [2.24, 2.45) is 0 Å². The van der Waals surface area contributed by atoms with Crippen LogP contribution in [0.3, 0.4) is 0 Å². The van der Waals surface area contributed by atoms with Gasteiger partial charge in [0.15, 0.2) is 6.04 Å². The number of carbonyl (C=O) groups excluding carboxylic acids is 3. The highest BCUT2D eigenvalue weighted by atomic mass is 16.6. The van der Waals surface area contributed by atoms with Gasteiger partial charge in [-0.3, -0.25) is 9.69 Å². The van der Waals surface area contributed by atoms with E-state index in [1.165, 1.54) is 12.0 Å². The van der Waals surface area contributed by atoms with Gasteiger partial charge in [0, 0.05) is 5.69 Å². The van der Waals surface area contributed by atoms with Crippen LogP contribution in [-0.4, -0.2) is 49.4 Å². The molecule has 26 heavy (non-hydrogen) atoms. The number of ether oxygens (including phenoxy) is 3. The Morgan fingerprint density at radius 1 is 1.19 bits per heavy atom. The van der Waals surface area contributed by atoms with Gasteiger partial charge in [0.1, 0.15) is 17.4 Å². The van der Waals surface area contributed by atoms with Crippen molar-refractivity contribution in [3.8, 4) is 5.75 Å². The second-order valence-electron chi connectivity index (χ2n) is 6.73. The fourth-order valence-electron chi connectivity index (χ4n) is 2.56. The molecule has 0 radical (unpaired) electrons. The summed E-state index contributed by atoms with van der Waals surface area (Å²) in [6.45, 7) is 6.97. The van der Waals surface area contributed by atoms with Crippen molar-refractivity contribution >= 4 is 23.7 Å². The number of hydrogen-bond donors (Lipinski definition) is 1. The molecule has 142 valence electrons. The summed E-state index contributed by atoms with van der Waals surface area (Å²) in [5.74, 6) is -0.388. The average molecular weight is 364 g/mol. The van der Waals surface area contributed by atoms with Gasteiger partial charge in [-0.15, -0.1) is 0 Å². The minimum absolute atomic E-state index is 0.166. The van der Waals surface area contributed by atoms with E-state index in [1.807, 2.05) is 0 Å². The lowest BCUT2D eigenvalue weighted by Crippen LogP contribution is -2.74. The van der Waals surface area contributed by atoms with E-state index in [0.717, 1.165) is 0 Å². The van der Waals surface area contributed by atoms with Gasteiger partial charge in [-0.1, -0.05) is 0 Å². The molecule has 2 unspecified atom stereocenters. The molecule has 1 aliphatic rings. The molecule has 0 bridgehead atoms. The summed E-state index contributed by atoms with van der Waals surface area (Å²) in [5, 5.41) is 2.46. The first-order valence-electron chi connectivity index (χ1n) is 8.31. The Hall–Kier alpha value is -2.77. The predicted octanol–water partition coefficient (Wildman–Crippen LogP) is 1.87. The number of esters is 1. The van der Waals surface area contributed by atoms with Gasteiger partial charge in [0.05, 0.1) is 13.7 Å². The van der Waals surface area contributed by atoms with Crippen molar-refractivity contribution in [1.29, 1.82) is 0 Å². The van der Waals surface area contributed by atoms with Crippen LogP contribution in [0.2, 0.25) is 0 Å². The molecule has 8 nitrogen and oxygen atoms in total. The highest BCUT2D eigenvalue weighted by Gasteiger charge is 2.54. The molecule has 0 aromatic heterocycles. The topological polar surface area (TPSA) is 94.2 Å². The van der Waals surface area contributed by atoms with Gasteiger partial charge in [-0.05, 0) is 52.0 Å². The first kappa shape index (κ1) is 19.6. The quantitative estimate of drug-likeness (QED) is 0.633. The minimum Gasteiger partial charge on any atom is -0.497 e. The van der Waals surface area contributed by atoms with Crippen molar-refractivity contribution in [2.75, 3.05) is 18.6 Å². The zero-order valence-electron chi connectivity index (χ0n) is 15.6. The zero-order valence-corrected chi connectivity index (χ0v) is 15.6. The maximum Gasteiger partial charge on any atom is 0.408 e. The van der Waals surface area contributed by atoms with E-state index in [2.05, 4.69) is 5.32 Å². The predicted molar refractivity (Wildman–Crippen MR) is 94.1 cm³/mol. The lowest BCUT2D eigenvalue weighted by molar-refractivity contribution is -0.151. The van der Waals surface area contributed by atoms with Crippen molar-refractivity contribution < 1.29 is 28.6 Å². The number of amides is 2. The molecule has 1 fully saturated rings. The number of methoxy groups -OCH3 is 1. The number of benzene rings is 1. The number of rotatable bonds is 5. The van der Waals surface area contributed by atoms with Gasteiger partial charge in [-0.25, -0.2) is 9.59 Å². The van der Waals surface area contributed by atoms with Crippen LogP contribution in [0.1, 0.15) is 27.7 Å². The maximum atomic E-state index is 12.6. The van der Waals surface area contributed by atoms with Crippen LogP contribution in [0.15, 0.2) is 24.3 Å². The number of carbonyl (C=O) groups is 3. The second kappa shape index (κ2) is 7.63. The summed E-state index contributed by atoms with van der Waals surface area (Å²) in [6.07, 6.45) is -0.764. The lowest BCUT2D eigenvalue weighted by Gasteiger charge is -2.45. The van der Waals surface area contributed by atoms with Gasteiger partial charge in [0.25, 0.3) is 5.91 Å². The average Bonchev–Trinajstić information content (AvgIpc) is 2.56. The summed E-state index contributed by atoms with van der Waals surface area (Å²) in [7, 11) is 1.53. The van der Waals surface area contributed by atoms with Gasteiger partial charge >= 0.3 is 12.1 Å². The second-order valence-corrected chi connectivity index (χ2v) is 6.73. The largest absolute Gasteiger partial charge is 0.497 e. The normalized spacial score (nSPS) is 19.4. The zero-order chi connectivity index (χ0) is 19.5. The van der Waals surface area contributed by atoms with Crippen LogP contribution in [0, 0.1) is 0 Å². The first-order valence-corrected chi connectivity index (χ1v) is 8.31. The minimum atomic E-state index is -1.04. The maximum absolute atomic E-state index is 12.6. The van der Waals surface area contributed by atoms with E-state index in [9.17, 15) is 14.4 Å². The Kier molecular flexibility index (Phi) is 5.74. The molecule has 1 aliphatic heterocycles. The van der Waals surface area contributed by atoms with E-state index in [-0.39, 0.29) is 6.61 Å². The molecule has 0 spiro atoms. The van der Waals surface area contributed by atoms with Crippen LogP contribution in [0.4, 0.5) is 10.5 Å². The molecular weight excluding hydrogens is 340 g/mol. The molecule has 0 aliphatic carbocycles. The molecule has 1 saturated heterocycles. The number of hydrogen-bond acceptors (Lipinski definition) is 6. The number of β-lactam (4-membered cyclic amide) rings is 1. The van der Waals surface area contributed by atoms with Gasteiger partial charge in [0.2, 0.25) is 0 Å². The Labute approximate surface area is 152 Å². The van der Waals surface area contributed by atoms with Gasteiger partial charge in [-0.2, -0.15) is 0 Å². The molecule has 1 N–H and O–H groups in total. The van der Waals surface area contributed by atoms with Crippen LogP contribution in [0.25, 0.3) is 0 Å². The van der Waals surface area contributed by atoms with Crippen LogP contribution in [0.5, 0.6) is 5.75 Å². The summed E-state index contributed by atoms with van der Waals surface area (Å²) in [6, 6.07) is 4.69. The SMILES string of the molecule is CCOC(=O)C1C(NC(=O)OC(C)(C)C)C(=O)N1c1ccc(OC)cc1. The Bertz CT molecular complexity index is 680. The van der Waals surface area contributed by atoms with Crippen LogP contribution >= 0.6 is 0 Å². The van der Waals surface area contributed by atoms with Gasteiger partial charge < -0.3 is 19.5 Å². The van der Waals surface area contributed by atoms with Crippen molar-refractivity contribution in [1.82, 2.24) is 5.32 Å². The summed E-state index contributed by atoms with van der Waals surface area (Å²) in [5.41, 5.74) is -0.206. The third-order valence-corrected chi connectivity index (χ3v) is 3.65. The molecule has 0 saturated carbocycles. The fraction of sp³-hybridized carbons (Fsp3) is 0.500. The van der Waals surface area contributed by atoms with Crippen LogP contribution < -0.4 is 15.0 Å². The summed E-state index contributed by atoms with van der Waals surface area (Å²) in [4.78, 5) is 38.2. The van der Waals surface area contributed by atoms with Crippen LogP contribution in [-0.2, 0) is 19.1 Å². The molecule has 1 heterocycles. The number of nitrogens with one attached hydrogen (secondary N) is 1. The smallest absolute Gasteiger partial charge is 0.408 e. The Morgan fingerprint density at radius 3 is 2.31 bits per heavy atom. The van der Waals surface area contributed by atoms with E-state index < -0.39 is 35.7 Å². The standard InChI is InChI=1S/C18H24N2O6/c1-6-25-16(22)14-13(19-17(23)26-18(2,3)4)15(21)20(14)11-7-9-12(24-5)10-8-11/h7-10,13-14H,6H2,1-5H3,(H,19,23). The fourth-order valence-corrected chi connectivity index (χ4v) is 2.56. The molecule has 2 amide bonds. The third-order valence-electron chi connectivity index (χ3n) is 3.65. The third kappa shape index (κ3) is 4.25. The van der Waals surface area contributed by atoms with E-state index in [1.54, 1.807) is 52.0 Å². The van der Waals surface area contributed by atoms with E-state index in [0.29, 0.717) is 11.4 Å². The molecule has 1 aromatic rings. The molecule has 2 rings (SSSR count). The Balaban J connectivity index is 2.20. The Morgan fingerprint density at radius 2 is 1.81 bits per heavy atom. The molecular formula is C18H24N2O6. The molecule has 8 heteroatoms. The van der Waals surface area contributed by atoms with Crippen molar-refractivity contribution in [2.45, 2.75) is 45.4 Å².